The molecule has 0 aliphatic heterocycles. The summed E-state index contributed by atoms with van der Waals surface area (Å²) < 4.78 is 15.5. The van der Waals surface area contributed by atoms with Crippen LogP contribution in [-0.2, 0) is 13.1 Å². The number of likely N-dealkylation sites (N-methyl/N-ethyl adjacent to an activating group) is 1. The number of nitrogens with one attached hydrogen (secondary N) is 3. The predicted molar refractivity (Wildman–Crippen MR) is 165 cm³/mol. The highest BCUT2D eigenvalue weighted by Crippen LogP contribution is 2.30. The minimum absolute atomic E-state index is 0.0593. The van der Waals surface area contributed by atoms with Gasteiger partial charge in [0.25, 0.3) is 0 Å². The van der Waals surface area contributed by atoms with Crippen LogP contribution in [-0.4, -0.2) is 68.7 Å². The second-order valence-corrected chi connectivity index (χ2v) is 10.2. The average molecular weight is 568 g/mol. The van der Waals surface area contributed by atoms with Gasteiger partial charge in [0, 0.05) is 67.1 Å². The smallest absolute Gasteiger partial charge is 0.141 e. The standard InChI is InChI=1S/C32H34FN7O2/c1-39(11-12-41)19-28(42)20-40-10-9-24(18-40)23-5-7-31-29(15-23)32(37-21-36-31)38-27-6-8-30(25(14-27)16-34)35-17-22-3-2-4-26(33)13-22/h2-10,13-16,18,21,28,34-35,41-42H,11-12,17,19-20H2,1H3,(H,36,37,38). The van der Waals surface area contributed by atoms with Gasteiger partial charge in [-0.1, -0.05) is 18.2 Å². The summed E-state index contributed by atoms with van der Waals surface area (Å²) in [5.41, 5.74) is 5.81. The van der Waals surface area contributed by atoms with Crippen LogP contribution in [0.25, 0.3) is 22.0 Å². The van der Waals surface area contributed by atoms with Gasteiger partial charge in [-0.2, -0.15) is 0 Å². The Morgan fingerprint density at radius 1 is 1.07 bits per heavy atom. The highest BCUT2D eigenvalue weighted by atomic mass is 19.1. The fraction of sp³-hybridized carbons (Fsp3) is 0.219. The van der Waals surface area contributed by atoms with E-state index in [0.717, 1.165) is 39.0 Å². The summed E-state index contributed by atoms with van der Waals surface area (Å²) in [6, 6.07) is 20.1. The quantitative estimate of drug-likeness (QED) is 0.129. The SMILES string of the molecule is CN(CCO)CC(O)Cn1ccc(-c2ccc3ncnc(Nc4ccc(NCc5cccc(F)c5)c(C=N)c4)c3c2)c1. The Morgan fingerprint density at radius 3 is 2.76 bits per heavy atom. The van der Waals surface area contributed by atoms with Crippen molar-refractivity contribution in [2.75, 3.05) is 37.4 Å². The number of hydrogen-bond acceptors (Lipinski definition) is 8. The molecule has 0 fully saturated rings. The molecule has 0 spiro atoms. The number of benzene rings is 3. The molecule has 9 nitrogen and oxygen atoms in total. The molecule has 5 N–H and O–H groups in total. The van der Waals surface area contributed by atoms with E-state index in [1.807, 2.05) is 77.4 Å². The zero-order valence-corrected chi connectivity index (χ0v) is 23.3. The number of fused-ring (bicyclic) bond motifs is 1. The molecule has 42 heavy (non-hydrogen) atoms. The first-order valence-corrected chi connectivity index (χ1v) is 13.7. The molecule has 0 saturated carbocycles. The van der Waals surface area contributed by atoms with E-state index in [2.05, 4.69) is 20.6 Å². The summed E-state index contributed by atoms with van der Waals surface area (Å²) >= 11 is 0. The summed E-state index contributed by atoms with van der Waals surface area (Å²) in [6.45, 7) is 1.93. The first-order valence-electron chi connectivity index (χ1n) is 13.7. The van der Waals surface area contributed by atoms with Crippen LogP contribution in [0.3, 0.4) is 0 Å². The molecule has 2 aromatic heterocycles. The van der Waals surface area contributed by atoms with Gasteiger partial charge >= 0.3 is 0 Å². The van der Waals surface area contributed by atoms with Crippen LogP contribution in [0.2, 0.25) is 0 Å². The van der Waals surface area contributed by atoms with E-state index < -0.39 is 6.10 Å². The molecule has 0 aliphatic rings. The van der Waals surface area contributed by atoms with Crippen molar-refractivity contribution in [1.82, 2.24) is 19.4 Å². The molecule has 5 aromatic rings. The van der Waals surface area contributed by atoms with Crippen LogP contribution >= 0.6 is 0 Å². The van der Waals surface area contributed by atoms with Crippen molar-refractivity contribution in [3.63, 3.8) is 0 Å². The Kier molecular flexibility index (Phi) is 9.18. The van der Waals surface area contributed by atoms with Gasteiger partial charge in [0.1, 0.15) is 18.0 Å². The molecule has 0 radical (unpaired) electrons. The Bertz CT molecular complexity index is 1670. The van der Waals surface area contributed by atoms with E-state index in [1.54, 1.807) is 6.07 Å². The van der Waals surface area contributed by atoms with Gasteiger partial charge in [-0.3, -0.25) is 0 Å². The van der Waals surface area contributed by atoms with Gasteiger partial charge in [-0.15, -0.1) is 0 Å². The number of hydrogen-bond donors (Lipinski definition) is 5. The largest absolute Gasteiger partial charge is 0.395 e. The molecule has 0 bridgehead atoms. The fourth-order valence-corrected chi connectivity index (χ4v) is 4.89. The van der Waals surface area contributed by atoms with E-state index in [1.165, 1.54) is 24.7 Å². The van der Waals surface area contributed by atoms with E-state index in [0.29, 0.717) is 37.6 Å². The van der Waals surface area contributed by atoms with E-state index in [4.69, 9.17) is 10.5 Å². The lowest BCUT2D eigenvalue weighted by molar-refractivity contribution is 0.101. The van der Waals surface area contributed by atoms with Crippen LogP contribution in [0, 0.1) is 11.2 Å². The average Bonchev–Trinajstić information content (AvgIpc) is 3.44. The van der Waals surface area contributed by atoms with Crippen LogP contribution in [0.5, 0.6) is 0 Å². The molecule has 2 heterocycles. The minimum Gasteiger partial charge on any atom is -0.395 e. The lowest BCUT2D eigenvalue weighted by Crippen LogP contribution is -2.33. The summed E-state index contributed by atoms with van der Waals surface area (Å²) in [4.78, 5) is 10.8. The lowest BCUT2D eigenvalue weighted by Gasteiger charge is -2.19. The molecule has 0 amide bonds. The molecule has 0 aliphatic carbocycles. The van der Waals surface area contributed by atoms with Gasteiger partial charge < -0.3 is 35.7 Å². The van der Waals surface area contributed by atoms with E-state index >= 15 is 0 Å². The molecule has 1 atom stereocenters. The highest BCUT2D eigenvalue weighted by Gasteiger charge is 2.12. The lowest BCUT2D eigenvalue weighted by atomic mass is 10.1. The number of nitrogens with zero attached hydrogens (tertiary/aromatic N) is 4. The molecule has 216 valence electrons. The van der Waals surface area contributed by atoms with Gasteiger partial charge in [0.05, 0.1) is 18.2 Å². The number of halogens is 1. The number of aromatic nitrogens is 3. The Balaban J connectivity index is 1.32. The van der Waals surface area contributed by atoms with Crippen molar-refractivity contribution in [3.05, 3.63) is 102 Å². The summed E-state index contributed by atoms with van der Waals surface area (Å²) in [5.74, 6) is 0.357. The highest BCUT2D eigenvalue weighted by molar-refractivity contribution is 5.94. The summed E-state index contributed by atoms with van der Waals surface area (Å²) in [5, 5.41) is 34.9. The molecule has 1 unspecified atom stereocenters. The molecule has 5 rings (SSSR count). The van der Waals surface area contributed by atoms with Crippen LogP contribution in [0.4, 0.5) is 21.6 Å². The zero-order valence-electron chi connectivity index (χ0n) is 23.3. The number of anilines is 3. The maximum Gasteiger partial charge on any atom is 0.141 e. The van der Waals surface area contributed by atoms with E-state index in [-0.39, 0.29) is 12.4 Å². The van der Waals surface area contributed by atoms with Crippen molar-refractivity contribution in [1.29, 1.82) is 5.41 Å². The minimum atomic E-state index is -0.559. The Labute approximate surface area is 243 Å². The third kappa shape index (κ3) is 7.16. The van der Waals surface area contributed by atoms with Crippen molar-refractivity contribution >= 4 is 34.3 Å². The maximum absolute atomic E-state index is 13.5. The first kappa shape index (κ1) is 28.9. The number of aliphatic hydroxyl groups is 2. The maximum atomic E-state index is 13.5. The van der Waals surface area contributed by atoms with Crippen molar-refractivity contribution in [3.8, 4) is 11.1 Å². The Hall–Kier alpha value is -4.64. The third-order valence-electron chi connectivity index (χ3n) is 6.99. The molecule has 0 saturated heterocycles. The normalized spacial score (nSPS) is 12.0. The first-order chi connectivity index (χ1) is 20.4. The molecular formula is C32H34FN7O2. The van der Waals surface area contributed by atoms with Crippen LogP contribution in [0.15, 0.2) is 85.5 Å². The van der Waals surface area contributed by atoms with E-state index in [9.17, 15) is 9.50 Å². The second kappa shape index (κ2) is 13.3. The summed E-state index contributed by atoms with van der Waals surface area (Å²) in [6.07, 6.45) is 6.18. The Morgan fingerprint density at radius 2 is 1.95 bits per heavy atom. The second-order valence-electron chi connectivity index (χ2n) is 10.2. The van der Waals surface area contributed by atoms with Gasteiger partial charge in [0.15, 0.2) is 0 Å². The number of aliphatic hydroxyl groups excluding tert-OH is 2. The fourth-order valence-electron chi connectivity index (χ4n) is 4.89. The third-order valence-corrected chi connectivity index (χ3v) is 6.99. The molecule has 10 heteroatoms. The molecular weight excluding hydrogens is 533 g/mol. The van der Waals surface area contributed by atoms with Gasteiger partial charge in [-0.25, -0.2) is 14.4 Å². The molecule has 3 aromatic carbocycles. The van der Waals surface area contributed by atoms with Crippen molar-refractivity contribution < 1.29 is 14.6 Å². The van der Waals surface area contributed by atoms with Gasteiger partial charge in [-0.05, 0) is 72.3 Å². The van der Waals surface area contributed by atoms with Crippen molar-refractivity contribution in [2.45, 2.75) is 19.2 Å². The zero-order chi connectivity index (χ0) is 29.5. The monoisotopic (exact) mass is 567 g/mol. The van der Waals surface area contributed by atoms with Crippen LogP contribution < -0.4 is 10.6 Å². The topological polar surface area (TPSA) is 122 Å². The van der Waals surface area contributed by atoms with Gasteiger partial charge in [0.2, 0.25) is 0 Å². The van der Waals surface area contributed by atoms with Crippen molar-refractivity contribution in [2.24, 2.45) is 0 Å². The summed E-state index contributed by atoms with van der Waals surface area (Å²) in [7, 11) is 1.87. The van der Waals surface area contributed by atoms with Crippen LogP contribution in [0.1, 0.15) is 11.1 Å². The number of rotatable bonds is 13. The predicted octanol–water partition coefficient (Wildman–Crippen LogP) is 4.88.